The lowest BCUT2D eigenvalue weighted by atomic mass is 10.1. The molecule has 1 aromatic rings. The van der Waals surface area contributed by atoms with Gasteiger partial charge in [-0.2, -0.15) is 0 Å². The maximum Gasteiger partial charge on any atom is 0.182 e. The third kappa shape index (κ3) is 3.77. The lowest BCUT2D eigenvalue weighted by Gasteiger charge is -2.22. The number of ether oxygens (including phenoxy) is 1. The summed E-state index contributed by atoms with van der Waals surface area (Å²) in [6.45, 7) is 3.79. The number of piperidine rings is 1. The van der Waals surface area contributed by atoms with Gasteiger partial charge in [0.15, 0.2) is 5.13 Å². The van der Waals surface area contributed by atoms with Crippen LogP contribution in [0.2, 0.25) is 0 Å². The molecule has 0 aliphatic carbocycles. The Balaban J connectivity index is 1.54. The molecule has 1 fully saturated rings. The van der Waals surface area contributed by atoms with E-state index in [0.29, 0.717) is 6.10 Å². The van der Waals surface area contributed by atoms with Gasteiger partial charge < -0.3 is 15.4 Å². The molecule has 1 saturated heterocycles. The number of thiazole rings is 1. The molecular weight excluding hydrogens is 210 g/mol. The zero-order chi connectivity index (χ0) is 10.3. The van der Waals surface area contributed by atoms with Crippen molar-refractivity contribution in [1.29, 1.82) is 0 Å². The summed E-state index contributed by atoms with van der Waals surface area (Å²) in [5, 5.41) is 9.50. The molecule has 84 valence electrons. The fourth-order valence-electron chi connectivity index (χ4n) is 1.66. The van der Waals surface area contributed by atoms with Crippen molar-refractivity contribution in [2.75, 3.05) is 31.6 Å². The van der Waals surface area contributed by atoms with E-state index in [4.69, 9.17) is 4.74 Å². The van der Waals surface area contributed by atoms with Gasteiger partial charge in [0.1, 0.15) is 0 Å². The molecule has 4 nitrogen and oxygen atoms in total. The van der Waals surface area contributed by atoms with Crippen LogP contribution in [0, 0.1) is 0 Å². The van der Waals surface area contributed by atoms with Gasteiger partial charge in [-0.1, -0.05) is 0 Å². The Bertz CT molecular complexity index is 260. The summed E-state index contributed by atoms with van der Waals surface area (Å²) in [6, 6.07) is 0. The highest BCUT2D eigenvalue weighted by Crippen LogP contribution is 2.10. The zero-order valence-electron chi connectivity index (χ0n) is 8.74. The molecule has 1 aliphatic heterocycles. The highest BCUT2D eigenvalue weighted by Gasteiger charge is 2.12. The van der Waals surface area contributed by atoms with Crippen LogP contribution in [0.3, 0.4) is 0 Å². The zero-order valence-corrected chi connectivity index (χ0v) is 9.55. The third-order valence-electron chi connectivity index (χ3n) is 2.45. The molecular formula is C10H17N3OS. The third-order valence-corrected chi connectivity index (χ3v) is 3.18. The summed E-state index contributed by atoms with van der Waals surface area (Å²) in [4.78, 5) is 4.14. The normalized spacial score (nSPS) is 17.9. The van der Waals surface area contributed by atoms with Crippen LogP contribution in [0.25, 0.3) is 0 Å². The van der Waals surface area contributed by atoms with Gasteiger partial charge in [0, 0.05) is 18.1 Å². The Morgan fingerprint density at radius 1 is 1.53 bits per heavy atom. The first-order valence-electron chi connectivity index (χ1n) is 5.41. The number of hydrogen-bond acceptors (Lipinski definition) is 5. The molecule has 0 saturated carbocycles. The van der Waals surface area contributed by atoms with E-state index >= 15 is 0 Å². The van der Waals surface area contributed by atoms with Crippen molar-refractivity contribution >= 4 is 16.5 Å². The van der Waals surface area contributed by atoms with Crippen LogP contribution in [0.5, 0.6) is 0 Å². The second-order valence-electron chi connectivity index (χ2n) is 3.58. The van der Waals surface area contributed by atoms with Crippen LogP contribution >= 0.6 is 11.3 Å². The summed E-state index contributed by atoms with van der Waals surface area (Å²) in [6.07, 6.45) is 4.53. The fourth-order valence-corrected chi connectivity index (χ4v) is 2.21. The van der Waals surface area contributed by atoms with Crippen molar-refractivity contribution in [2.45, 2.75) is 18.9 Å². The molecule has 0 amide bonds. The van der Waals surface area contributed by atoms with E-state index in [9.17, 15) is 0 Å². The maximum atomic E-state index is 5.76. The van der Waals surface area contributed by atoms with E-state index in [0.717, 1.165) is 44.2 Å². The van der Waals surface area contributed by atoms with Crippen molar-refractivity contribution in [3.05, 3.63) is 11.6 Å². The minimum absolute atomic E-state index is 0.448. The second-order valence-corrected chi connectivity index (χ2v) is 4.48. The summed E-state index contributed by atoms with van der Waals surface area (Å²) in [5.74, 6) is 0. The summed E-state index contributed by atoms with van der Waals surface area (Å²) in [7, 11) is 0. The van der Waals surface area contributed by atoms with Gasteiger partial charge in [0.2, 0.25) is 0 Å². The fraction of sp³-hybridized carbons (Fsp3) is 0.700. The first-order valence-corrected chi connectivity index (χ1v) is 6.29. The van der Waals surface area contributed by atoms with Gasteiger partial charge in [0.05, 0.1) is 12.7 Å². The lowest BCUT2D eigenvalue weighted by Crippen LogP contribution is -2.33. The molecule has 1 aliphatic rings. The molecule has 0 unspecified atom stereocenters. The molecule has 1 aromatic heterocycles. The number of anilines is 1. The highest BCUT2D eigenvalue weighted by molar-refractivity contribution is 7.13. The van der Waals surface area contributed by atoms with Gasteiger partial charge in [-0.05, 0) is 25.9 Å². The smallest absolute Gasteiger partial charge is 0.182 e. The molecule has 2 N–H and O–H groups in total. The van der Waals surface area contributed by atoms with Crippen LogP contribution in [0.15, 0.2) is 11.6 Å². The number of hydrogen-bond donors (Lipinski definition) is 2. The number of nitrogens with one attached hydrogen (secondary N) is 2. The van der Waals surface area contributed by atoms with Crippen LogP contribution in [-0.4, -0.2) is 37.3 Å². The minimum atomic E-state index is 0.448. The van der Waals surface area contributed by atoms with E-state index in [1.165, 1.54) is 0 Å². The Morgan fingerprint density at radius 2 is 2.40 bits per heavy atom. The van der Waals surface area contributed by atoms with Crippen molar-refractivity contribution in [3.63, 3.8) is 0 Å². The predicted molar refractivity (Wildman–Crippen MR) is 62.4 cm³/mol. The van der Waals surface area contributed by atoms with E-state index < -0.39 is 0 Å². The Hall–Kier alpha value is -0.650. The maximum absolute atomic E-state index is 5.76. The van der Waals surface area contributed by atoms with Gasteiger partial charge in [-0.25, -0.2) is 4.98 Å². The van der Waals surface area contributed by atoms with Gasteiger partial charge in [-0.15, -0.1) is 11.3 Å². The van der Waals surface area contributed by atoms with E-state index in [1.54, 1.807) is 17.5 Å². The largest absolute Gasteiger partial charge is 0.376 e. The summed E-state index contributed by atoms with van der Waals surface area (Å²) in [5.41, 5.74) is 0. The molecule has 15 heavy (non-hydrogen) atoms. The van der Waals surface area contributed by atoms with Crippen molar-refractivity contribution in [2.24, 2.45) is 0 Å². The summed E-state index contributed by atoms with van der Waals surface area (Å²) >= 11 is 1.62. The SMILES string of the molecule is c1csc(NCCOC2CCNCC2)n1. The van der Waals surface area contributed by atoms with Crippen LogP contribution in [-0.2, 0) is 4.74 Å². The van der Waals surface area contributed by atoms with Gasteiger partial charge >= 0.3 is 0 Å². The number of nitrogens with zero attached hydrogens (tertiary/aromatic N) is 1. The van der Waals surface area contributed by atoms with E-state index in [1.807, 2.05) is 5.38 Å². The molecule has 5 heteroatoms. The average molecular weight is 227 g/mol. The number of rotatable bonds is 5. The predicted octanol–water partition coefficient (Wildman–Crippen LogP) is 1.32. The molecule has 2 rings (SSSR count). The topological polar surface area (TPSA) is 46.2 Å². The quantitative estimate of drug-likeness (QED) is 0.745. The van der Waals surface area contributed by atoms with E-state index in [2.05, 4.69) is 15.6 Å². The Morgan fingerprint density at radius 3 is 3.13 bits per heavy atom. The van der Waals surface area contributed by atoms with Crippen LogP contribution in [0.4, 0.5) is 5.13 Å². The van der Waals surface area contributed by atoms with Crippen molar-refractivity contribution in [1.82, 2.24) is 10.3 Å². The molecule has 2 heterocycles. The van der Waals surface area contributed by atoms with Gasteiger partial charge in [0.25, 0.3) is 0 Å². The second kappa shape index (κ2) is 6.05. The van der Waals surface area contributed by atoms with Crippen LogP contribution < -0.4 is 10.6 Å². The molecule has 0 bridgehead atoms. The first kappa shape index (κ1) is 10.9. The number of aromatic nitrogens is 1. The summed E-state index contributed by atoms with van der Waals surface area (Å²) < 4.78 is 5.76. The minimum Gasteiger partial charge on any atom is -0.376 e. The van der Waals surface area contributed by atoms with Crippen LogP contribution in [0.1, 0.15) is 12.8 Å². The Labute approximate surface area is 94.1 Å². The Kier molecular flexibility index (Phi) is 4.38. The molecule has 0 spiro atoms. The average Bonchev–Trinajstić information content (AvgIpc) is 2.79. The van der Waals surface area contributed by atoms with E-state index in [-0.39, 0.29) is 0 Å². The molecule has 0 radical (unpaired) electrons. The monoisotopic (exact) mass is 227 g/mol. The molecule has 0 atom stereocenters. The standard InChI is InChI=1S/C10H17N3OS/c1-3-11-4-2-9(1)14-7-5-12-10-13-6-8-15-10/h6,8-9,11H,1-5,7H2,(H,12,13). The first-order chi connectivity index (χ1) is 7.45. The van der Waals surface area contributed by atoms with Gasteiger partial charge in [-0.3, -0.25) is 0 Å². The van der Waals surface area contributed by atoms with Crippen molar-refractivity contribution < 1.29 is 4.74 Å². The molecule has 0 aromatic carbocycles. The highest BCUT2D eigenvalue weighted by atomic mass is 32.1. The lowest BCUT2D eigenvalue weighted by molar-refractivity contribution is 0.0394. The van der Waals surface area contributed by atoms with Crippen molar-refractivity contribution in [3.8, 4) is 0 Å².